The van der Waals surface area contributed by atoms with E-state index in [1.54, 1.807) is 0 Å². The van der Waals surface area contributed by atoms with Gasteiger partial charge in [-0.1, -0.05) is 36.8 Å². The molecule has 26 heavy (non-hydrogen) atoms. The van der Waals surface area contributed by atoms with Crippen LogP contribution in [0.25, 0.3) is 0 Å². The molecule has 1 aromatic rings. The molecule has 1 heterocycles. The summed E-state index contributed by atoms with van der Waals surface area (Å²) in [6.07, 6.45) is 9.88. The van der Waals surface area contributed by atoms with E-state index in [0.717, 1.165) is 63.8 Å². The highest BCUT2D eigenvalue weighted by molar-refractivity contribution is 5.76. The third-order valence-electron chi connectivity index (χ3n) is 7.05. The first-order valence-corrected chi connectivity index (χ1v) is 10.8. The van der Waals surface area contributed by atoms with Gasteiger partial charge < -0.3 is 9.80 Å². The Morgan fingerprint density at radius 1 is 1.00 bits per heavy atom. The van der Waals surface area contributed by atoms with Crippen molar-refractivity contribution >= 4 is 5.91 Å². The van der Waals surface area contributed by atoms with E-state index in [9.17, 15) is 4.79 Å². The van der Waals surface area contributed by atoms with Gasteiger partial charge in [0.15, 0.2) is 0 Å². The fraction of sp³-hybridized carbons (Fsp3) is 0.696. The number of aryl methyl sites for hydroxylation is 1. The fourth-order valence-corrected chi connectivity index (χ4v) is 5.58. The summed E-state index contributed by atoms with van der Waals surface area (Å²) < 4.78 is 0. The van der Waals surface area contributed by atoms with E-state index in [0.29, 0.717) is 11.8 Å². The molecule has 0 N–H and O–H groups in total. The summed E-state index contributed by atoms with van der Waals surface area (Å²) in [4.78, 5) is 17.5. The van der Waals surface area contributed by atoms with Crippen LogP contribution >= 0.6 is 0 Å². The lowest BCUT2D eigenvalue weighted by Crippen LogP contribution is -2.36. The maximum absolute atomic E-state index is 12.8. The van der Waals surface area contributed by atoms with Crippen molar-refractivity contribution < 1.29 is 4.79 Å². The minimum atomic E-state index is 0.439. The second kappa shape index (κ2) is 8.56. The Morgan fingerprint density at radius 2 is 1.88 bits per heavy atom. The molecule has 2 bridgehead atoms. The lowest BCUT2D eigenvalue weighted by atomic mass is 9.86. The highest BCUT2D eigenvalue weighted by Gasteiger charge is 2.40. The van der Waals surface area contributed by atoms with Crippen LogP contribution in [0.5, 0.6) is 0 Å². The second-order valence-corrected chi connectivity index (χ2v) is 8.80. The van der Waals surface area contributed by atoms with Crippen LogP contribution in [-0.4, -0.2) is 48.4 Å². The highest BCUT2D eigenvalue weighted by Crippen LogP contribution is 2.49. The van der Waals surface area contributed by atoms with E-state index in [1.807, 2.05) is 0 Å². The summed E-state index contributed by atoms with van der Waals surface area (Å²) in [7, 11) is 0. The summed E-state index contributed by atoms with van der Waals surface area (Å²) in [5.41, 5.74) is 1.44. The molecule has 3 nitrogen and oxygen atoms in total. The van der Waals surface area contributed by atoms with Gasteiger partial charge >= 0.3 is 0 Å². The summed E-state index contributed by atoms with van der Waals surface area (Å²) in [6, 6.07) is 10.8. The van der Waals surface area contributed by atoms with Crippen LogP contribution in [0.4, 0.5) is 0 Å². The van der Waals surface area contributed by atoms with Crippen molar-refractivity contribution in [2.45, 2.75) is 51.4 Å². The molecule has 1 amide bonds. The molecule has 0 spiro atoms. The Hall–Kier alpha value is -1.35. The third-order valence-corrected chi connectivity index (χ3v) is 7.05. The first kappa shape index (κ1) is 18.0. The number of fused-ring (bicyclic) bond motifs is 2. The predicted molar refractivity (Wildman–Crippen MR) is 106 cm³/mol. The van der Waals surface area contributed by atoms with Crippen LogP contribution in [0.2, 0.25) is 0 Å². The van der Waals surface area contributed by atoms with E-state index in [2.05, 4.69) is 40.1 Å². The van der Waals surface area contributed by atoms with Gasteiger partial charge in [-0.3, -0.25) is 4.79 Å². The van der Waals surface area contributed by atoms with Crippen LogP contribution in [0.15, 0.2) is 30.3 Å². The normalized spacial score (nSPS) is 29.1. The van der Waals surface area contributed by atoms with E-state index in [1.165, 1.54) is 37.7 Å². The first-order valence-electron chi connectivity index (χ1n) is 10.8. The molecule has 1 aromatic carbocycles. The van der Waals surface area contributed by atoms with Crippen molar-refractivity contribution in [2.24, 2.45) is 17.8 Å². The number of hydrogen-bond acceptors (Lipinski definition) is 2. The van der Waals surface area contributed by atoms with Gasteiger partial charge in [-0.2, -0.15) is 0 Å². The van der Waals surface area contributed by atoms with Gasteiger partial charge in [0.25, 0.3) is 0 Å². The van der Waals surface area contributed by atoms with Crippen molar-refractivity contribution in [3.63, 3.8) is 0 Å². The van der Waals surface area contributed by atoms with Crippen LogP contribution in [0.3, 0.4) is 0 Å². The van der Waals surface area contributed by atoms with Crippen LogP contribution in [-0.2, 0) is 11.2 Å². The van der Waals surface area contributed by atoms with Crippen molar-refractivity contribution in [3.05, 3.63) is 35.9 Å². The number of benzene rings is 1. The van der Waals surface area contributed by atoms with Gasteiger partial charge in [0.2, 0.25) is 5.91 Å². The van der Waals surface area contributed by atoms with Crippen molar-refractivity contribution in [2.75, 3.05) is 32.7 Å². The summed E-state index contributed by atoms with van der Waals surface area (Å²) in [6.45, 7) is 5.26. The molecule has 3 fully saturated rings. The third kappa shape index (κ3) is 4.49. The summed E-state index contributed by atoms with van der Waals surface area (Å²) in [5, 5.41) is 0. The molecule has 3 unspecified atom stereocenters. The Morgan fingerprint density at radius 3 is 2.65 bits per heavy atom. The molecular formula is C23H34N2O. The number of rotatable bonds is 6. The average Bonchev–Trinajstić information content (AvgIpc) is 3.19. The average molecular weight is 355 g/mol. The lowest BCUT2D eigenvalue weighted by molar-refractivity contribution is -0.132. The molecule has 3 atom stereocenters. The smallest absolute Gasteiger partial charge is 0.222 e. The Kier molecular flexibility index (Phi) is 5.94. The molecule has 2 aliphatic carbocycles. The number of nitrogens with zero attached hydrogens (tertiary/aromatic N) is 2. The first-order chi connectivity index (χ1) is 12.8. The zero-order valence-electron chi connectivity index (χ0n) is 16.1. The summed E-state index contributed by atoms with van der Waals surface area (Å²) >= 11 is 0. The molecule has 1 saturated heterocycles. The number of carbonyl (C=O) groups is 1. The fourth-order valence-electron chi connectivity index (χ4n) is 5.58. The van der Waals surface area contributed by atoms with E-state index >= 15 is 0 Å². The molecule has 1 aliphatic heterocycles. The van der Waals surface area contributed by atoms with Crippen molar-refractivity contribution in [1.29, 1.82) is 0 Å². The van der Waals surface area contributed by atoms with Gasteiger partial charge in [-0.15, -0.1) is 0 Å². The minimum Gasteiger partial charge on any atom is -0.341 e. The quantitative estimate of drug-likeness (QED) is 0.771. The standard InChI is InChI=1S/C23H34N2O/c26-23(18-22-17-20-9-10-21(22)16-20)25-13-5-12-24(14-15-25)11-4-8-19-6-2-1-3-7-19/h1-3,6-7,20-22H,4-5,8-18H2. The van der Waals surface area contributed by atoms with Crippen molar-refractivity contribution in [1.82, 2.24) is 9.80 Å². The number of carbonyl (C=O) groups excluding carboxylic acids is 1. The zero-order valence-corrected chi connectivity index (χ0v) is 16.1. The lowest BCUT2D eigenvalue weighted by Gasteiger charge is -2.26. The van der Waals surface area contributed by atoms with Gasteiger partial charge in [0, 0.05) is 26.1 Å². The van der Waals surface area contributed by atoms with Gasteiger partial charge in [0.1, 0.15) is 0 Å². The van der Waals surface area contributed by atoms with Crippen molar-refractivity contribution in [3.8, 4) is 0 Å². The summed E-state index contributed by atoms with van der Waals surface area (Å²) in [5.74, 6) is 2.95. The maximum Gasteiger partial charge on any atom is 0.222 e. The topological polar surface area (TPSA) is 23.6 Å². The van der Waals surface area contributed by atoms with Crippen LogP contribution in [0, 0.1) is 17.8 Å². The van der Waals surface area contributed by atoms with E-state index < -0.39 is 0 Å². The van der Waals surface area contributed by atoms with Gasteiger partial charge in [-0.25, -0.2) is 0 Å². The largest absolute Gasteiger partial charge is 0.341 e. The predicted octanol–water partition coefficient (Wildman–Crippen LogP) is 3.98. The van der Waals surface area contributed by atoms with E-state index in [4.69, 9.17) is 0 Å². The molecule has 2 saturated carbocycles. The minimum absolute atomic E-state index is 0.439. The molecule has 0 radical (unpaired) electrons. The van der Waals surface area contributed by atoms with Gasteiger partial charge in [-0.05, 0) is 74.9 Å². The molecule has 142 valence electrons. The highest BCUT2D eigenvalue weighted by atomic mass is 16.2. The molecule has 3 heteroatoms. The monoisotopic (exact) mass is 354 g/mol. The SMILES string of the molecule is O=C(CC1CC2CCC1C2)N1CCCN(CCCc2ccccc2)CC1. The molecule has 4 rings (SSSR count). The Labute approximate surface area is 158 Å². The van der Waals surface area contributed by atoms with E-state index in [-0.39, 0.29) is 0 Å². The second-order valence-electron chi connectivity index (χ2n) is 8.80. The Balaban J connectivity index is 1.18. The zero-order chi connectivity index (χ0) is 17.8. The molecule has 0 aromatic heterocycles. The number of amides is 1. The number of hydrogen-bond donors (Lipinski definition) is 0. The molecule has 3 aliphatic rings. The van der Waals surface area contributed by atoms with Gasteiger partial charge in [0.05, 0.1) is 0 Å². The van der Waals surface area contributed by atoms with Crippen LogP contribution < -0.4 is 0 Å². The molecular weight excluding hydrogens is 320 g/mol. The Bertz CT molecular complexity index is 587. The van der Waals surface area contributed by atoms with Crippen LogP contribution in [0.1, 0.15) is 50.5 Å². The maximum atomic E-state index is 12.8.